The van der Waals surface area contributed by atoms with Crippen LogP contribution in [0.3, 0.4) is 0 Å². The number of nitrogens with zero attached hydrogens (tertiary/aromatic N) is 2. The van der Waals surface area contributed by atoms with Gasteiger partial charge in [-0.1, -0.05) is 49.4 Å². The molecule has 0 saturated carbocycles. The van der Waals surface area contributed by atoms with Crippen LogP contribution in [0, 0.1) is 0 Å². The van der Waals surface area contributed by atoms with Gasteiger partial charge in [0.25, 0.3) is 0 Å². The fraction of sp³-hybridized carbons (Fsp3) is 0.500. The maximum absolute atomic E-state index is 5.75. The SMILES string of the molecule is CCCN1CCN(CCCc2ccccc2)CC1c1cccc(OC)c1OC. The Morgan fingerprint density at radius 2 is 1.75 bits per heavy atom. The van der Waals surface area contributed by atoms with Crippen LogP contribution in [0.15, 0.2) is 48.5 Å². The van der Waals surface area contributed by atoms with Crippen LogP contribution in [-0.2, 0) is 6.42 Å². The van der Waals surface area contributed by atoms with Crippen molar-refractivity contribution in [3.8, 4) is 11.5 Å². The van der Waals surface area contributed by atoms with E-state index in [0.29, 0.717) is 6.04 Å². The molecule has 0 N–H and O–H groups in total. The largest absolute Gasteiger partial charge is 0.493 e. The molecule has 2 aromatic rings. The van der Waals surface area contributed by atoms with Gasteiger partial charge in [-0.2, -0.15) is 0 Å². The Kier molecular flexibility index (Phi) is 7.75. The third-order valence-electron chi connectivity index (χ3n) is 5.66. The van der Waals surface area contributed by atoms with Gasteiger partial charge in [-0.25, -0.2) is 0 Å². The topological polar surface area (TPSA) is 24.9 Å². The minimum Gasteiger partial charge on any atom is -0.493 e. The van der Waals surface area contributed by atoms with Crippen molar-refractivity contribution in [1.82, 2.24) is 9.80 Å². The van der Waals surface area contributed by atoms with Crippen LogP contribution >= 0.6 is 0 Å². The van der Waals surface area contributed by atoms with E-state index in [2.05, 4.69) is 59.2 Å². The first-order chi connectivity index (χ1) is 13.8. The van der Waals surface area contributed by atoms with Gasteiger partial charge >= 0.3 is 0 Å². The van der Waals surface area contributed by atoms with Crippen molar-refractivity contribution in [2.75, 3.05) is 46.9 Å². The Bertz CT molecular complexity index is 720. The zero-order chi connectivity index (χ0) is 19.8. The number of hydrogen-bond acceptors (Lipinski definition) is 4. The minimum absolute atomic E-state index is 0.343. The quantitative estimate of drug-likeness (QED) is 0.642. The number of rotatable bonds is 9. The molecule has 1 fully saturated rings. The lowest BCUT2D eigenvalue weighted by molar-refractivity contribution is 0.0718. The summed E-state index contributed by atoms with van der Waals surface area (Å²) < 4.78 is 11.3. The average Bonchev–Trinajstić information content (AvgIpc) is 2.75. The van der Waals surface area contributed by atoms with Gasteiger partial charge in [-0.3, -0.25) is 4.90 Å². The Morgan fingerprint density at radius 1 is 0.929 bits per heavy atom. The van der Waals surface area contributed by atoms with Crippen LogP contribution in [0.25, 0.3) is 0 Å². The van der Waals surface area contributed by atoms with E-state index in [0.717, 1.165) is 57.1 Å². The highest BCUT2D eigenvalue weighted by atomic mass is 16.5. The summed E-state index contributed by atoms with van der Waals surface area (Å²) in [7, 11) is 3.45. The van der Waals surface area contributed by atoms with Crippen LogP contribution in [0.1, 0.15) is 36.9 Å². The van der Waals surface area contributed by atoms with E-state index >= 15 is 0 Å². The molecule has 1 heterocycles. The zero-order valence-electron chi connectivity index (χ0n) is 17.6. The molecule has 0 aromatic heterocycles. The number of ether oxygens (including phenoxy) is 2. The zero-order valence-corrected chi connectivity index (χ0v) is 17.6. The van der Waals surface area contributed by atoms with Crippen molar-refractivity contribution in [3.05, 3.63) is 59.7 Å². The highest BCUT2D eigenvalue weighted by Crippen LogP contribution is 2.38. The van der Waals surface area contributed by atoms with E-state index in [1.165, 1.54) is 17.5 Å². The number of aryl methyl sites for hydroxylation is 1. The first-order valence-electron chi connectivity index (χ1n) is 10.5. The Hall–Kier alpha value is -2.04. The number of hydrogen-bond donors (Lipinski definition) is 0. The second-order valence-electron chi connectivity index (χ2n) is 7.52. The smallest absolute Gasteiger partial charge is 0.165 e. The highest BCUT2D eigenvalue weighted by Gasteiger charge is 2.30. The first-order valence-corrected chi connectivity index (χ1v) is 10.5. The molecule has 1 atom stereocenters. The van der Waals surface area contributed by atoms with Gasteiger partial charge in [0.05, 0.1) is 20.3 Å². The van der Waals surface area contributed by atoms with Crippen molar-refractivity contribution < 1.29 is 9.47 Å². The van der Waals surface area contributed by atoms with Gasteiger partial charge in [-0.05, 0) is 44.0 Å². The van der Waals surface area contributed by atoms with Gasteiger partial charge in [-0.15, -0.1) is 0 Å². The highest BCUT2D eigenvalue weighted by molar-refractivity contribution is 5.48. The minimum atomic E-state index is 0.343. The van der Waals surface area contributed by atoms with Crippen LogP contribution < -0.4 is 9.47 Å². The van der Waals surface area contributed by atoms with Crippen molar-refractivity contribution in [1.29, 1.82) is 0 Å². The molecule has 0 bridgehead atoms. The summed E-state index contributed by atoms with van der Waals surface area (Å²) in [6, 6.07) is 17.4. The van der Waals surface area contributed by atoms with Crippen molar-refractivity contribution in [2.24, 2.45) is 0 Å². The molecule has 0 spiro atoms. The Morgan fingerprint density at radius 3 is 2.46 bits per heavy atom. The van der Waals surface area contributed by atoms with Crippen molar-refractivity contribution in [2.45, 2.75) is 32.2 Å². The molecule has 4 heteroatoms. The molecule has 4 nitrogen and oxygen atoms in total. The van der Waals surface area contributed by atoms with Gasteiger partial charge in [0, 0.05) is 25.2 Å². The van der Waals surface area contributed by atoms with E-state index in [-0.39, 0.29) is 0 Å². The second-order valence-corrected chi connectivity index (χ2v) is 7.52. The molecule has 0 radical (unpaired) electrons. The molecule has 1 aliphatic rings. The van der Waals surface area contributed by atoms with Gasteiger partial charge < -0.3 is 14.4 Å². The van der Waals surface area contributed by atoms with Crippen LogP contribution in [0.4, 0.5) is 0 Å². The van der Waals surface area contributed by atoms with Gasteiger partial charge in [0.2, 0.25) is 0 Å². The average molecular weight is 383 g/mol. The van der Waals surface area contributed by atoms with Crippen molar-refractivity contribution in [3.63, 3.8) is 0 Å². The monoisotopic (exact) mass is 382 g/mol. The van der Waals surface area contributed by atoms with E-state index in [9.17, 15) is 0 Å². The number of methoxy groups -OCH3 is 2. The summed E-state index contributed by atoms with van der Waals surface area (Å²) in [4.78, 5) is 5.21. The van der Waals surface area contributed by atoms with Crippen molar-refractivity contribution >= 4 is 0 Å². The van der Waals surface area contributed by atoms with Gasteiger partial charge in [0.1, 0.15) is 0 Å². The maximum atomic E-state index is 5.75. The maximum Gasteiger partial charge on any atom is 0.165 e. The molecule has 3 rings (SSSR count). The third-order valence-corrected chi connectivity index (χ3v) is 5.66. The predicted molar refractivity (Wildman–Crippen MR) is 115 cm³/mol. The molecule has 0 amide bonds. The molecule has 1 unspecified atom stereocenters. The summed E-state index contributed by atoms with van der Waals surface area (Å²) >= 11 is 0. The Labute approximate surface area is 170 Å². The van der Waals surface area contributed by atoms with Crippen LogP contribution in [-0.4, -0.2) is 56.7 Å². The molecule has 152 valence electrons. The first kappa shape index (κ1) is 20.7. The molecule has 2 aromatic carbocycles. The number of piperazine rings is 1. The lowest BCUT2D eigenvalue weighted by atomic mass is 9.99. The van der Waals surface area contributed by atoms with Crippen LogP contribution in [0.2, 0.25) is 0 Å². The second kappa shape index (κ2) is 10.5. The third kappa shape index (κ3) is 5.06. The summed E-state index contributed by atoms with van der Waals surface area (Å²) in [6.45, 7) is 7.78. The lowest BCUT2D eigenvalue weighted by Crippen LogP contribution is -2.48. The molecule has 0 aliphatic carbocycles. The van der Waals surface area contributed by atoms with E-state index in [4.69, 9.17) is 9.47 Å². The molecular weight excluding hydrogens is 348 g/mol. The normalized spacial score (nSPS) is 18.2. The lowest BCUT2D eigenvalue weighted by Gasteiger charge is -2.42. The summed E-state index contributed by atoms with van der Waals surface area (Å²) in [5.41, 5.74) is 2.67. The fourth-order valence-electron chi connectivity index (χ4n) is 4.26. The standard InChI is InChI=1S/C24H34N2O2/c1-4-15-26-18-17-25(16-9-12-20-10-6-5-7-11-20)19-22(26)21-13-8-14-23(27-2)24(21)28-3/h5-8,10-11,13-14,22H,4,9,12,15-19H2,1-3H3. The summed E-state index contributed by atoms with van der Waals surface area (Å²) in [5, 5.41) is 0. The Balaban J connectivity index is 1.70. The molecule has 1 saturated heterocycles. The van der Waals surface area contributed by atoms with E-state index in [1.807, 2.05) is 6.07 Å². The predicted octanol–water partition coefficient (Wildman–Crippen LogP) is 4.41. The van der Waals surface area contributed by atoms with Crippen LogP contribution in [0.5, 0.6) is 11.5 Å². The van der Waals surface area contributed by atoms with E-state index in [1.54, 1.807) is 14.2 Å². The van der Waals surface area contributed by atoms with Gasteiger partial charge in [0.15, 0.2) is 11.5 Å². The molecule has 1 aliphatic heterocycles. The summed E-state index contributed by atoms with van der Waals surface area (Å²) in [6.07, 6.45) is 3.50. The fourth-order valence-corrected chi connectivity index (χ4v) is 4.26. The summed E-state index contributed by atoms with van der Waals surface area (Å²) in [5.74, 6) is 1.69. The number of para-hydroxylation sites is 1. The molecule has 28 heavy (non-hydrogen) atoms. The number of benzene rings is 2. The van der Waals surface area contributed by atoms with E-state index < -0.39 is 0 Å². The molecular formula is C24H34N2O2.